The maximum absolute atomic E-state index is 5.95. The second-order valence-corrected chi connectivity index (χ2v) is 10.2. The molecule has 5 heteroatoms. The van der Waals surface area contributed by atoms with Gasteiger partial charge in [-0.1, -0.05) is 18.2 Å². The summed E-state index contributed by atoms with van der Waals surface area (Å²) in [7, 11) is 0. The van der Waals surface area contributed by atoms with Crippen LogP contribution in [0.2, 0.25) is 0 Å². The monoisotopic (exact) mass is 480 g/mol. The van der Waals surface area contributed by atoms with Crippen LogP contribution in [0.5, 0.6) is 0 Å². The zero-order valence-electron chi connectivity index (χ0n) is 21.3. The average molecular weight is 481 g/mol. The third kappa shape index (κ3) is 4.25. The molecule has 1 saturated heterocycles. The molecule has 2 aromatic heterocycles. The summed E-state index contributed by atoms with van der Waals surface area (Å²) in [6.07, 6.45) is 1.86. The quantitative estimate of drug-likeness (QED) is 0.322. The molecule has 0 radical (unpaired) electrons. The minimum absolute atomic E-state index is 0.0237. The van der Waals surface area contributed by atoms with Crippen LogP contribution in [0.4, 0.5) is 5.69 Å². The molecule has 0 bridgehead atoms. The molecule has 4 aromatic rings. The lowest BCUT2D eigenvalue weighted by Crippen LogP contribution is -2.29. The van der Waals surface area contributed by atoms with Gasteiger partial charge < -0.3 is 14.8 Å². The second-order valence-electron chi connectivity index (χ2n) is 9.85. The number of aryl methyl sites for hydroxylation is 5. The van der Waals surface area contributed by atoms with E-state index in [1.165, 1.54) is 44.9 Å². The number of nitrogens with zero attached hydrogens (tertiary/aromatic N) is 3. The Kier molecular flexibility index (Phi) is 5.97. The Labute approximate surface area is 213 Å². The van der Waals surface area contributed by atoms with Crippen LogP contribution in [-0.4, -0.2) is 14.7 Å². The Balaban J connectivity index is 1.71. The van der Waals surface area contributed by atoms with Crippen LogP contribution in [0.1, 0.15) is 57.0 Å². The van der Waals surface area contributed by atoms with E-state index in [9.17, 15) is 0 Å². The first-order valence-electron chi connectivity index (χ1n) is 12.1. The summed E-state index contributed by atoms with van der Waals surface area (Å²) in [6.45, 7) is 13.0. The predicted octanol–water partition coefficient (Wildman–Crippen LogP) is 6.90. The highest BCUT2D eigenvalue weighted by atomic mass is 32.1. The van der Waals surface area contributed by atoms with Gasteiger partial charge in [-0.05, 0) is 124 Å². The number of hydrogen-bond acceptors (Lipinski definition) is 2. The van der Waals surface area contributed by atoms with Crippen molar-refractivity contribution in [3.05, 3.63) is 112 Å². The van der Waals surface area contributed by atoms with Gasteiger partial charge in [0.2, 0.25) is 0 Å². The predicted molar refractivity (Wildman–Crippen MR) is 149 cm³/mol. The minimum Gasteiger partial charge on any atom is -0.351 e. The van der Waals surface area contributed by atoms with Crippen LogP contribution >= 0.6 is 12.2 Å². The normalized spacial score (nSPS) is 17.7. The molecule has 35 heavy (non-hydrogen) atoms. The van der Waals surface area contributed by atoms with E-state index in [4.69, 9.17) is 17.2 Å². The maximum atomic E-state index is 5.95. The van der Waals surface area contributed by atoms with Crippen LogP contribution in [0, 0.1) is 41.5 Å². The van der Waals surface area contributed by atoms with Gasteiger partial charge in [0.25, 0.3) is 0 Å². The molecule has 0 aliphatic carbocycles. The molecule has 0 saturated carbocycles. The minimum atomic E-state index is -0.0577. The fraction of sp³-hybridized carbons (Fsp3) is 0.267. The molecule has 0 spiro atoms. The molecule has 1 fully saturated rings. The zero-order valence-corrected chi connectivity index (χ0v) is 22.1. The summed E-state index contributed by atoms with van der Waals surface area (Å²) in [5.74, 6) is 0. The SMILES string of the molecule is Cc1cc(C)cc(N2C(=S)N[C@H](c3ccccn3)[C@@H]2c2cc(C)n(-c3cc(C)cc(C)c3)c2C)c1. The van der Waals surface area contributed by atoms with Gasteiger partial charge in [-0.3, -0.25) is 4.98 Å². The smallest absolute Gasteiger partial charge is 0.174 e. The van der Waals surface area contributed by atoms with Crippen LogP contribution in [0.25, 0.3) is 5.69 Å². The summed E-state index contributed by atoms with van der Waals surface area (Å²) >= 11 is 5.95. The molecule has 0 amide bonds. The van der Waals surface area contributed by atoms with Gasteiger partial charge in [0.1, 0.15) is 0 Å². The first-order valence-corrected chi connectivity index (χ1v) is 12.5. The molecule has 0 unspecified atom stereocenters. The lowest BCUT2D eigenvalue weighted by atomic mass is 9.96. The highest BCUT2D eigenvalue weighted by Gasteiger charge is 2.42. The van der Waals surface area contributed by atoms with Crippen molar-refractivity contribution in [1.29, 1.82) is 0 Å². The fourth-order valence-electron chi connectivity index (χ4n) is 5.60. The van der Waals surface area contributed by atoms with Gasteiger partial charge in [-0.2, -0.15) is 0 Å². The summed E-state index contributed by atoms with van der Waals surface area (Å²) < 4.78 is 2.37. The number of anilines is 1. The summed E-state index contributed by atoms with van der Waals surface area (Å²) in [4.78, 5) is 7.00. The molecule has 1 N–H and O–H groups in total. The van der Waals surface area contributed by atoms with Crippen molar-refractivity contribution in [3.8, 4) is 5.69 Å². The lowest BCUT2D eigenvalue weighted by molar-refractivity contribution is 0.565. The van der Waals surface area contributed by atoms with Crippen LogP contribution in [0.15, 0.2) is 66.9 Å². The lowest BCUT2D eigenvalue weighted by Gasteiger charge is -2.29. The number of nitrogens with one attached hydrogen (secondary N) is 1. The topological polar surface area (TPSA) is 33.1 Å². The number of hydrogen-bond donors (Lipinski definition) is 1. The highest BCUT2D eigenvalue weighted by Crippen LogP contribution is 2.44. The third-order valence-corrected chi connectivity index (χ3v) is 7.15. The zero-order chi connectivity index (χ0) is 24.9. The van der Waals surface area contributed by atoms with Crippen molar-refractivity contribution in [2.24, 2.45) is 0 Å². The molecule has 178 valence electrons. The standard InChI is InChI=1S/C30H32N4S/c1-18-11-19(2)14-24(13-18)33-22(5)17-26(23(33)6)29-28(27-9-7-8-10-31-27)32-30(35)34(29)25-15-20(3)12-21(4)16-25/h7-17,28-29H,1-6H3,(H,32,35)/t28-,29+/m1/s1. The van der Waals surface area contributed by atoms with E-state index in [1.54, 1.807) is 0 Å². The third-order valence-electron chi connectivity index (χ3n) is 6.84. The summed E-state index contributed by atoms with van der Waals surface area (Å²) in [5, 5.41) is 4.33. The van der Waals surface area contributed by atoms with E-state index in [0.29, 0.717) is 0 Å². The molecular weight excluding hydrogens is 448 g/mol. The van der Waals surface area contributed by atoms with Gasteiger partial charge in [-0.15, -0.1) is 0 Å². The van der Waals surface area contributed by atoms with E-state index < -0.39 is 0 Å². The number of pyridine rings is 1. The van der Waals surface area contributed by atoms with Crippen molar-refractivity contribution in [2.75, 3.05) is 4.90 Å². The number of thiocarbonyl (C=S) groups is 1. The molecule has 2 aromatic carbocycles. The second kappa shape index (κ2) is 8.97. The van der Waals surface area contributed by atoms with Crippen molar-refractivity contribution in [2.45, 2.75) is 53.6 Å². The highest BCUT2D eigenvalue weighted by molar-refractivity contribution is 7.80. The Morgan fingerprint density at radius 1 is 0.771 bits per heavy atom. The molecule has 2 atom stereocenters. The fourth-order valence-corrected chi connectivity index (χ4v) is 5.95. The van der Waals surface area contributed by atoms with E-state index in [-0.39, 0.29) is 12.1 Å². The maximum Gasteiger partial charge on any atom is 0.174 e. The van der Waals surface area contributed by atoms with Gasteiger partial charge in [-0.25, -0.2) is 0 Å². The van der Waals surface area contributed by atoms with Gasteiger partial charge in [0.15, 0.2) is 5.11 Å². The number of aromatic nitrogens is 2. The number of benzene rings is 2. The first kappa shape index (κ1) is 23.3. The molecule has 1 aliphatic heterocycles. The van der Waals surface area contributed by atoms with E-state index in [2.05, 4.69) is 105 Å². The van der Waals surface area contributed by atoms with Gasteiger partial charge >= 0.3 is 0 Å². The Morgan fingerprint density at radius 3 is 1.94 bits per heavy atom. The van der Waals surface area contributed by atoms with Gasteiger partial charge in [0, 0.05) is 29.0 Å². The molecule has 4 nitrogen and oxygen atoms in total. The van der Waals surface area contributed by atoms with E-state index >= 15 is 0 Å². The van der Waals surface area contributed by atoms with Crippen LogP contribution in [0.3, 0.4) is 0 Å². The van der Waals surface area contributed by atoms with E-state index in [0.717, 1.165) is 16.5 Å². The number of rotatable bonds is 4. The van der Waals surface area contributed by atoms with Crippen LogP contribution < -0.4 is 10.2 Å². The molecule has 1 aliphatic rings. The van der Waals surface area contributed by atoms with Crippen LogP contribution in [-0.2, 0) is 0 Å². The first-order chi connectivity index (χ1) is 16.7. The molecule has 5 rings (SSSR count). The van der Waals surface area contributed by atoms with Gasteiger partial charge in [0.05, 0.1) is 17.8 Å². The summed E-state index contributed by atoms with van der Waals surface area (Å²) in [5.41, 5.74) is 12.0. The average Bonchev–Trinajstić information content (AvgIpc) is 3.28. The Hall–Kier alpha value is -3.44. The van der Waals surface area contributed by atoms with Crippen molar-refractivity contribution >= 4 is 23.0 Å². The molecular formula is C30H32N4S. The van der Waals surface area contributed by atoms with Crippen molar-refractivity contribution < 1.29 is 0 Å². The van der Waals surface area contributed by atoms with E-state index in [1.807, 2.05) is 18.3 Å². The van der Waals surface area contributed by atoms with Crippen molar-refractivity contribution in [3.63, 3.8) is 0 Å². The Bertz CT molecular complexity index is 1380. The summed E-state index contributed by atoms with van der Waals surface area (Å²) in [6, 6.07) is 21.7. The largest absolute Gasteiger partial charge is 0.351 e. The molecule has 3 heterocycles. The van der Waals surface area contributed by atoms with Crippen molar-refractivity contribution in [1.82, 2.24) is 14.9 Å². The Morgan fingerprint density at radius 2 is 1.37 bits per heavy atom.